The highest BCUT2D eigenvalue weighted by molar-refractivity contribution is 6.44. The molecule has 2 rings (SSSR count). The Balaban J connectivity index is 2.24. The maximum absolute atomic E-state index is 13.2. The van der Waals surface area contributed by atoms with Crippen LogP contribution >= 0.6 is 0 Å². The second-order valence-corrected chi connectivity index (χ2v) is 5.49. The maximum atomic E-state index is 13.2. The number of allylic oxidation sites excluding steroid dienone is 2. The van der Waals surface area contributed by atoms with Crippen LogP contribution in [0.25, 0.3) is 5.57 Å². The number of rotatable bonds is 4. The zero-order chi connectivity index (χ0) is 16.9. The first-order chi connectivity index (χ1) is 10.9. The van der Waals surface area contributed by atoms with Crippen molar-refractivity contribution >= 4 is 17.1 Å². The van der Waals surface area contributed by atoms with Crippen molar-refractivity contribution < 1.29 is 18.0 Å². The van der Waals surface area contributed by atoms with Gasteiger partial charge in [-0.3, -0.25) is 9.80 Å². The number of hydrazone groups is 1. The summed E-state index contributed by atoms with van der Waals surface area (Å²) < 4.78 is 39.7. The van der Waals surface area contributed by atoms with E-state index < -0.39 is 17.5 Å². The summed E-state index contributed by atoms with van der Waals surface area (Å²) in [6, 6.07) is 7.32. The molecule has 3 nitrogen and oxygen atoms in total. The van der Waals surface area contributed by atoms with E-state index in [4.69, 9.17) is 0 Å². The molecule has 1 aliphatic rings. The van der Waals surface area contributed by atoms with Gasteiger partial charge in [0.25, 0.3) is 0 Å². The molecule has 1 aromatic carbocycles. The van der Waals surface area contributed by atoms with Gasteiger partial charge in [0.2, 0.25) is 5.78 Å². The Kier molecular flexibility index (Phi) is 5.58. The van der Waals surface area contributed by atoms with Gasteiger partial charge in [-0.15, -0.1) is 0 Å². The second kappa shape index (κ2) is 7.44. The van der Waals surface area contributed by atoms with Gasteiger partial charge in [-0.05, 0) is 31.7 Å². The molecule has 0 aromatic heterocycles. The molecule has 0 atom stereocenters. The summed E-state index contributed by atoms with van der Waals surface area (Å²) in [5.74, 6) is -0.716. The molecule has 0 spiro atoms. The van der Waals surface area contributed by atoms with E-state index in [1.165, 1.54) is 31.2 Å². The van der Waals surface area contributed by atoms with Gasteiger partial charge in [-0.1, -0.05) is 30.3 Å². The van der Waals surface area contributed by atoms with Crippen LogP contribution in [0.1, 0.15) is 31.7 Å². The Hall–Kier alpha value is -2.11. The van der Waals surface area contributed by atoms with E-state index in [9.17, 15) is 18.0 Å². The van der Waals surface area contributed by atoms with Crippen molar-refractivity contribution in [3.63, 3.8) is 0 Å². The van der Waals surface area contributed by atoms with Gasteiger partial charge in [-0.2, -0.15) is 18.3 Å². The smallest absolute Gasteiger partial charge is 0.297 e. The summed E-state index contributed by atoms with van der Waals surface area (Å²) in [6.07, 6.45) is -0.872. The lowest BCUT2D eigenvalue weighted by Crippen LogP contribution is -2.27. The summed E-state index contributed by atoms with van der Waals surface area (Å²) in [5.41, 5.74) is -0.903. The monoisotopic (exact) mass is 324 g/mol. The quantitative estimate of drug-likeness (QED) is 0.618. The number of ketones is 1. The van der Waals surface area contributed by atoms with Gasteiger partial charge in [0.15, 0.2) is 0 Å². The summed E-state index contributed by atoms with van der Waals surface area (Å²) in [6.45, 7) is 2.92. The van der Waals surface area contributed by atoms with Crippen molar-refractivity contribution in [2.45, 2.75) is 32.4 Å². The van der Waals surface area contributed by atoms with Crippen LogP contribution in [0, 0.1) is 0 Å². The molecule has 1 aliphatic heterocycles. The fourth-order valence-electron chi connectivity index (χ4n) is 2.42. The minimum absolute atomic E-state index is 0.0286. The van der Waals surface area contributed by atoms with Crippen LogP contribution in [-0.4, -0.2) is 35.8 Å². The first-order valence-electron chi connectivity index (χ1n) is 7.57. The SMILES string of the molecule is C/C(=N\N1CCCCC1)C(=O)/C=C(/c1ccccc1)C(F)(F)F. The molecular formula is C17H19F3N2O. The fourth-order valence-corrected chi connectivity index (χ4v) is 2.42. The van der Waals surface area contributed by atoms with Gasteiger partial charge in [0, 0.05) is 19.2 Å². The number of piperidine rings is 1. The molecule has 6 heteroatoms. The molecule has 0 saturated carbocycles. The molecular weight excluding hydrogens is 305 g/mol. The molecule has 1 fully saturated rings. The number of benzene rings is 1. The molecule has 1 saturated heterocycles. The van der Waals surface area contributed by atoms with E-state index >= 15 is 0 Å². The second-order valence-electron chi connectivity index (χ2n) is 5.49. The van der Waals surface area contributed by atoms with Crippen molar-refractivity contribution in [1.82, 2.24) is 5.01 Å². The summed E-state index contributed by atoms with van der Waals surface area (Å²) in [4.78, 5) is 12.1. The molecule has 0 aliphatic carbocycles. The van der Waals surface area contributed by atoms with Crippen LogP contribution in [0.5, 0.6) is 0 Å². The molecule has 0 amide bonds. The van der Waals surface area contributed by atoms with Crippen LogP contribution in [-0.2, 0) is 4.79 Å². The normalized spacial score (nSPS) is 17.3. The third kappa shape index (κ3) is 4.94. The zero-order valence-corrected chi connectivity index (χ0v) is 12.9. The lowest BCUT2D eigenvalue weighted by molar-refractivity contribution is -0.109. The number of carbonyl (C=O) groups is 1. The van der Waals surface area contributed by atoms with Gasteiger partial charge in [-0.25, -0.2) is 0 Å². The summed E-state index contributed by atoms with van der Waals surface area (Å²) in [5, 5.41) is 5.90. The topological polar surface area (TPSA) is 32.7 Å². The predicted octanol–water partition coefficient (Wildman–Crippen LogP) is 4.06. The van der Waals surface area contributed by atoms with Gasteiger partial charge in [0.05, 0.1) is 5.57 Å². The van der Waals surface area contributed by atoms with Crippen molar-refractivity contribution in [2.24, 2.45) is 5.10 Å². The fraction of sp³-hybridized carbons (Fsp3) is 0.412. The third-order valence-electron chi connectivity index (χ3n) is 3.65. The summed E-state index contributed by atoms with van der Waals surface area (Å²) >= 11 is 0. The molecule has 1 heterocycles. The molecule has 124 valence electrons. The Morgan fingerprint density at radius 1 is 1.13 bits per heavy atom. The van der Waals surface area contributed by atoms with E-state index in [0.717, 1.165) is 32.4 Å². The molecule has 0 unspecified atom stereocenters. The van der Waals surface area contributed by atoms with E-state index in [1.54, 1.807) is 11.1 Å². The average molecular weight is 324 g/mol. The highest BCUT2D eigenvalue weighted by Crippen LogP contribution is 2.33. The Bertz CT molecular complexity index is 600. The summed E-state index contributed by atoms with van der Waals surface area (Å²) in [7, 11) is 0. The number of hydrogen-bond acceptors (Lipinski definition) is 3. The molecule has 1 aromatic rings. The van der Waals surface area contributed by atoms with Crippen LogP contribution in [0.3, 0.4) is 0 Å². The average Bonchev–Trinajstić information content (AvgIpc) is 2.53. The molecule has 0 radical (unpaired) electrons. The number of nitrogens with zero attached hydrogens (tertiary/aromatic N) is 2. The van der Waals surface area contributed by atoms with Crippen LogP contribution in [0.15, 0.2) is 41.5 Å². The van der Waals surface area contributed by atoms with Crippen LogP contribution < -0.4 is 0 Å². The van der Waals surface area contributed by atoms with E-state index in [-0.39, 0.29) is 11.3 Å². The van der Waals surface area contributed by atoms with E-state index in [1.807, 2.05) is 0 Å². The predicted molar refractivity (Wildman–Crippen MR) is 84.0 cm³/mol. The molecule has 0 N–H and O–H groups in total. The standard InChI is InChI=1S/C17H19F3N2O/c1-13(21-22-10-6-3-7-11-22)16(23)12-15(17(18,19)20)14-8-4-2-5-9-14/h2,4-5,8-9,12H,3,6-7,10-11H2,1H3/b15-12-,21-13+. The molecule has 23 heavy (non-hydrogen) atoms. The lowest BCUT2D eigenvalue weighted by Gasteiger charge is -2.24. The first-order valence-corrected chi connectivity index (χ1v) is 7.57. The number of alkyl halides is 3. The van der Waals surface area contributed by atoms with Crippen molar-refractivity contribution in [2.75, 3.05) is 13.1 Å². The molecule has 0 bridgehead atoms. The van der Waals surface area contributed by atoms with Crippen LogP contribution in [0.2, 0.25) is 0 Å². The minimum Gasteiger partial charge on any atom is -0.297 e. The number of hydrogen-bond donors (Lipinski definition) is 0. The Morgan fingerprint density at radius 2 is 1.74 bits per heavy atom. The van der Waals surface area contributed by atoms with Gasteiger partial charge in [0.1, 0.15) is 5.71 Å². The largest absolute Gasteiger partial charge is 0.417 e. The van der Waals surface area contributed by atoms with Gasteiger partial charge < -0.3 is 0 Å². The van der Waals surface area contributed by atoms with Crippen LogP contribution in [0.4, 0.5) is 13.2 Å². The first kappa shape index (κ1) is 17.2. The third-order valence-corrected chi connectivity index (χ3v) is 3.65. The van der Waals surface area contributed by atoms with Crippen molar-refractivity contribution in [3.05, 3.63) is 42.0 Å². The number of carbonyl (C=O) groups excluding carboxylic acids is 1. The Labute approximate surface area is 133 Å². The minimum atomic E-state index is -4.59. The highest BCUT2D eigenvalue weighted by atomic mass is 19.4. The Morgan fingerprint density at radius 3 is 2.30 bits per heavy atom. The lowest BCUT2D eigenvalue weighted by atomic mass is 10.0. The van der Waals surface area contributed by atoms with Crippen molar-refractivity contribution in [3.8, 4) is 0 Å². The number of halogens is 3. The maximum Gasteiger partial charge on any atom is 0.417 e. The van der Waals surface area contributed by atoms with Crippen molar-refractivity contribution in [1.29, 1.82) is 0 Å². The zero-order valence-electron chi connectivity index (χ0n) is 12.9. The van der Waals surface area contributed by atoms with Gasteiger partial charge >= 0.3 is 6.18 Å². The van der Waals surface area contributed by atoms with E-state index in [2.05, 4.69) is 5.10 Å². The van der Waals surface area contributed by atoms with E-state index in [0.29, 0.717) is 6.08 Å². The highest BCUT2D eigenvalue weighted by Gasteiger charge is 2.35.